The van der Waals surface area contributed by atoms with E-state index < -0.39 is 16.1 Å². The van der Waals surface area contributed by atoms with Crippen LogP contribution < -0.4 is 15.4 Å². The molecule has 3 aromatic rings. The number of nitrogens with one attached hydrogen (secondary N) is 1. The zero-order valence-corrected chi connectivity index (χ0v) is 16.8. The first-order valence-corrected chi connectivity index (χ1v) is 10.5. The molecule has 0 spiro atoms. The van der Waals surface area contributed by atoms with Crippen molar-refractivity contribution < 1.29 is 13.2 Å². The van der Waals surface area contributed by atoms with Crippen LogP contribution in [0.2, 0.25) is 5.28 Å². The Hall–Kier alpha value is -3.01. The maximum atomic E-state index is 13.1. The molecular formula is C19H16ClN5O3S. The van der Waals surface area contributed by atoms with Crippen molar-refractivity contribution in [2.75, 3.05) is 10.2 Å². The normalized spacial score (nSPS) is 16.3. The first-order chi connectivity index (χ1) is 13.7. The zero-order chi connectivity index (χ0) is 20.8. The number of amides is 1. The lowest BCUT2D eigenvalue weighted by Gasteiger charge is -2.37. The number of primary sulfonamides is 1. The molecule has 2 heterocycles. The summed E-state index contributed by atoms with van der Waals surface area (Å²) in [6, 6.07) is 14.4. The number of aryl methyl sites for hydroxylation is 1. The number of carbonyl (C=O) groups is 1. The third-order valence-electron chi connectivity index (χ3n) is 4.50. The average molecular weight is 430 g/mol. The molecule has 0 aliphatic carbocycles. The van der Waals surface area contributed by atoms with Crippen molar-refractivity contribution in [3.63, 3.8) is 0 Å². The topological polar surface area (TPSA) is 118 Å². The van der Waals surface area contributed by atoms with E-state index in [0.29, 0.717) is 22.9 Å². The van der Waals surface area contributed by atoms with Gasteiger partial charge in [-0.2, -0.15) is 0 Å². The van der Waals surface area contributed by atoms with Crippen molar-refractivity contribution in [3.8, 4) is 0 Å². The molecule has 0 radical (unpaired) electrons. The molecule has 8 nitrogen and oxygen atoms in total. The third-order valence-corrected chi connectivity index (χ3v) is 5.58. The molecule has 1 aliphatic rings. The number of hydrogen-bond donors (Lipinski definition) is 2. The molecule has 0 fully saturated rings. The SMILES string of the molecule is Cc1cc(N2c3ccc(S(N)(=O)=O)cc3NC(=O)C2c2ccccc2)nc(Cl)n1. The summed E-state index contributed by atoms with van der Waals surface area (Å²) in [7, 11) is -3.93. The molecule has 0 bridgehead atoms. The molecule has 148 valence electrons. The van der Waals surface area contributed by atoms with Crippen molar-refractivity contribution in [3.05, 3.63) is 71.1 Å². The highest BCUT2D eigenvalue weighted by atomic mass is 35.5. The molecule has 3 N–H and O–H groups in total. The second-order valence-corrected chi connectivity index (χ2v) is 8.43. The van der Waals surface area contributed by atoms with Gasteiger partial charge in [0.2, 0.25) is 15.3 Å². The lowest BCUT2D eigenvalue weighted by atomic mass is 10.00. The third kappa shape index (κ3) is 3.67. The van der Waals surface area contributed by atoms with Crippen LogP contribution >= 0.6 is 11.6 Å². The van der Waals surface area contributed by atoms with Crippen molar-refractivity contribution >= 4 is 44.7 Å². The minimum atomic E-state index is -3.93. The van der Waals surface area contributed by atoms with Crippen LogP contribution in [-0.2, 0) is 14.8 Å². The van der Waals surface area contributed by atoms with Gasteiger partial charge in [0.1, 0.15) is 11.9 Å². The van der Waals surface area contributed by atoms with Crippen LogP contribution in [0.1, 0.15) is 17.3 Å². The van der Waals surface area contributed by atoms with E-state index in [1.54, 1.807) is 24.0 Å². The van der Waals surface area contributed by atoms with Gasteiger partial charge in [-0.15, -0.1) is 0 Å². The second kappa shape index (κ2) is 7.11. The van der Waals surface area contributed by atoms with Crippen LogP contribution in [0.4, 0.5) is 17.2 Å². The first-order valence-electron chi connectivity index (χ1n) is 8.57. The van der Waals surface area contributed by atoms with E-state index in [2.05, 4.69) is 15.3 Å². The van der Waals surface area contributed by atoms with Gasteiger partial charge < -0.3 is 10.2 Å². The van der Waals surface area contributed by atoms with Gasteiger partial charge in [0.25, 0.3) is 5.91 Å². The molecule has 0 saturated heterocycles. The van der Waals surface area contributed by atoms with Crippen molar-refractivity contribution in [2.24, 2.45) is 5.14 Å². The number of benzene rings is 2. The number of nitrogens with zero attached hydrogens (tertiary/aromatic N) is 3. The Kier molecular flexibility index (Phi) is 4.73. The lowest BCUT2D eigenvalue weighted by Crippen LogP contribution is -2.39. The molecule has 29 heavy (non-hydrogen) atoms. The zero-order valence-electron chi connectivity index (χ0n) is 15.2. The first kappa shape index (κ1) is 19.3. The number of carbonyl (C=O) groups excluding carboxylic acids is 1. The molecule has 0 saturated carbocycles. The van der Waals surface area contributed by atoms with Crippen molar-refractivity contribution in [2.45, 2.75) is 17.9 Å². The van der Waals surface area contributed by atoms with Crippen LogP contribution in [0.25, 0.3) is 0 Å². The summed E-state index contributed by atoms with van der Waals surface area (Å²) in [6.45, 7) is 1.77. The Bertz CT molecular complexity index is 1200. The summed E-state index contributed by atoms with van der Waals surface area (Å²) < 4.78 is 23.5. The Labute approximate surface area is 172 Å². The van der Waals surface area contributed by atoms with Gasteiger partial charge in [0, 0.05) is 11.8 Å². The van der Waals surface area contributed by atoms with Gasteiger partial charge >= 0.3 is 0 Å². The molecule has 1 unspecified atom stereocenters. The summed E-state index contributed by atoms with van der Waals surface area (Å²) in [5, 5.41) is 8.05. The summed E-state index contributed by atoms with van der Waals surface area (Å²) in [5.41, 5.74) is 2.22. The number of hydrogen-bond acceptors (Lipinski definition) is 6. The number of sulfonamides is 1. The lowest BCUT2D eigenvalue weighted by molar-refractivity contribution is -0.117. The quantitative estimate of drug-likeness (QED) is 0.618. The standard InChI is InChI=1S/C19H16ClN5O3S/c1-11-9-16(24-19(20)22-11)25-15-8-7-13(29(21,27)28)10-14(15)23-18(26)17(25)12-5-3-2-4-6-12/h2-10,17H,1H3,(H,23,26)(H2,21,27,28). The van der Waals surface area contributed by atoms with Gasteiger partial charge in [-0.1, -0.05) is 30.3 Å². The second-order valence-electron chi connectivity index (χ2n) is 6.53. The van der Waals surface area contributed by atoms with E-state index in [9.17, 15) is 13.2 Å². The fourth-order valence-electron chi connectivity index (χ4n) is 3.29. The number of aromatic nitrogens is 2. The molecule has 4 rings (SSSR count). The van der Waals surface area contributed by atoms with Gasteiger partial charge in [-0.25, -0.2) is 23.5 Å². The van der Waals surface area contributed by atoms with Gasteiger partial charge in [-0.3, -0.25) is 4.79 Å². The fourth-order valence-corrected chi connectivity index (χ4v) is 4.05. The minimum Gasteiger partial charge on any atom is -0.322 e. The molecule has 1 amide bonds. The number of nitrogens with two attached hydrogens (primary N) is 1. The maximum Gasteiger partial charge on any atom is 0.252 e. The average Bonchev–Trinajstić information content (AvgIpc) is 2.65. The van der Waals surface area contributed by atoms with E-state index >= 15 is 0 Å². The van der Waals surface area contributed by atoms with E-state index in [-0.39, 0.29) is 16.1 Å². The highest BCUT2D eigenvalue weighted by molar-refractivity contribution is 7.89. The minimum absolute atomic E-state index is 0.0421. The number of fused-ring (bicyclic) bond motifs is 1. The van der Waals surface area contributed by atoms with E-state index in [1.165, 1.54) is 12.1 Å². The summed E-state index contributed by atoms with van der Waals surface area (Å²) in [6.07, 6.45) is 0. The van der Waals surface area contributed by atoms with Gasteiger partial charge in [-0.05, 0) is 42.3 Å². The van der Waals surface area contributed by atoms with Crippen molar-refractivity contribution in [1.29, 1.82) is 0 Å². The predicted molar refractivity (Wildman–Crippen MR) is 110 cm³/mol. The summed E-state index contributed by atoms with van der Waals surface area (Å²) >= 11 is 6.07. The van der Waals surface area contributed by atoms with Crippen molar-refractivity contribution in [1.82, 2.24) is 9.97 Å². The summed E-state index contributed by atoms with van der Waals surface area (Å²) in [5.74, 6) is 0.0680. The van der Waals surface area contributed by atoms with Gasteiger partial charge in [0.15, 0.2) is 0 Å². The monoisotopic (exact) mass is 429 g/mol. The van der Waals surface area contributed by atoms with Gasteiger partial charge in [0.05, 0.1) is 16.3 Å². The largest absolute Gasteiger partial charge is 0.322 e. The predicted octanol–water partition coefficient (Wildman–Crippen LogP) is 2.92. The maximum absolute atomic E-state index is 13.1. The number of rotatable bonds is 3. The Balaban J connectivity index is 1.96. The number of anilines is 3. The van der Waals surface area contributed by atoms with E-state index in [1.807, 2.05) is 30.3 Å². The van der Waals surface area contributed by atoms with Crippen LogP contribution in [0, 0.1) is 6.92 Å². The molecular weight excluding hydrogens is 414 g/mol. The Morgan fingerprint density at radius 2 is 1.83 bits per heavy atom. The molecule has 2 aromatic carbocycles. The Morgan fingerprint density at radius 1 is 1.10 bits per heavy atom. The Morgan fingerprint density at radius 3 is 2.48 bits per heavy atom. The number of halogens is 1. The highest BCUT2D eigenvalue weighted by Gasteiger charge is 2.36. The van der Waals surface area contributed by atoms with Crippen LogP contribution in [0.15, 0.2) is 59.5 Å². The van der Waals surface area contributed by atoms with Crippen LogP contribution in [0.5, 0.6) is 0 Å². The summed E-state index contributed by atoms with van der Waals surface area (Å²) in [4.78, 5) is 23.0. The fraction of sp³-hybridized carbons (Fsp3) is 0.105. The molecule has 1 atom stereocenters. The van der Waals surface area contributed by atoms with Crippen LogP contribution in [-0.4, -0.2) is 24.3 Å². The molecule has 1 aliphatic heterocycles. The molecule has 1 aromatic heterocycles. The van der Waals surface area contributed by atoms with E-state index in [4.69, 9.17) is 16.7 Å². The smallest absolute Gasteiger partial charge is 0.252 e. The van der Waals surface area contributed by atoms with Crippen LogP contribution in [0.3, 0.4) is 0 Å². The molecule has 10 heteroatoms. The highest BCUT2D eigenvalue weighted by Crippen LogP contribution is 2.43. The van der Waals surface area contributed by atoms with E-state index in [0.717, 1.165) is 5.56 Å².